The van der Waals surface area contributed by atoms with Gasteiger partial charge in [-0.3, -0.25) is 5.26 Å². The summed E-state index contributed by atoms with van der Waals surface area (Å²) < 4.78 is 0. The molecule has 3 unspecified atom stereocenters. The molecule has 0 aromatic heterocycles. The van der Waals surface area contributed by atoms with Crippen molar-refractivity contribution in [2.75, 3.05) is 0 Å². The Hall–Kier alpha value is -0.730. The summed E-state index contributed by atoms with van der Waals surface area (Å²) in [6.45, 7) is 1.31. The predicted molar refractivity (Wildman–Crippen MR) is 45.9 cm³/mol. The Morgan fingerprint density at radius 2 is 1.87 bits per heavy atom. The summed E-state index contributed by atoms with van der Waals surface area (Å²) in [7, 11) is 0. The molecule has 1 saturated carbocycles. The van der Waals surface area contributed by atoms with Crippen molar-refractivity contribution in [2.45, 2.75) is 37.3 Å². The van der Waals surface area contributed by atoms with Crippen molar-refractivity contribution in [3.05, 3.63) is 0 Å². The van der Waals surface area contributed by atoms with Crippen LogP contribution in [0.5, 0.6) is 0 Å². The first-order chi connectivity index (χ1) is 6.86. The van der Waals surface area contributed by atoms with E-state index in [1.165, 1.54) is 6.92 Å². The van der Waals surface area contributed by atoms with Gasteiger partial charge in [0, 0.05) is 12.3 Å². The van der Waals surface area contributed by atoms with Gasteiger partial charge in [-0.2, -0.15) is 0 Å². The molecule has 0 radical (unpaired) electrons. The molecule has 1 aliphatic carbocycles. The van der Waals surface area contributed by atoms with Crippen molar-refractivity contribution < 1.29 is 35.4 Å². The van der Waals surface area contributed by atoms with Crippen molar-refractivity contribution in [2.24, 2.45) is 5.92 Å². The molecule has 1 rings (SSSR count). The monoisotopic (exact) mass is 222 g/mol. The number of carboxylic acids is 1. The van der Waals surface area contributed by atoms with Gasteiger partial charge in [0.25, 0.3) is 0 Å². The van der Waals surface area contributed by atoms with Crippen LogP contribution in [0, 0.1) is 5.92 Å². The molecule has 0 bridgehead atoms. The molecule has 0 spiro atoms. The topological polar surface area (TPSA) is 127 Å². The van der Waals surface area contributed by atoms with Crippen LogP contribution in [0.15, 0.2) is 0 Å². The van der Waals surface area contributed by atoms with Crippen LogP contribution in [0.2, 0.25) is 0 Å². The van der Waals surface area contributed by atoms with E-state index in [9.17, 15) is 20.1 Å². The number of rotatable bonds is 2. The van der Waals surface area contributed by atoms with E-state index in [0.717, 1.165) is 0 Å². The number of carbonyl (C=O) groups is 1. The van der Waals surface area contributed by atoms with Crippen molar-refractivity contribution >= 4 is 5.97 Å². The molecular formula is C8H14O7. The lowest BCUT2D eigenvalue weighted by atomic mass is 9.72. The van der Waals surface area contributed by atoms with Crippen molar-refractivity contribution in [3.8, 4) is 0 Å². The van der Waals surface area contributed by atoms with Crippen LogP contribution in [0.1, 0.15) is 13.3 Å². The molecule has 15 heavy (non-hydrogen) atoms. The summed E-state index contributed by atoms with van der Waals surface area (Å²) in [4.78, 5) is 14.8. The fraction of sp³-hybridized carbons (Fsp3) is 0.875. The van der Waals surface area contributed by atoms with Crippen molar-refractivity contribution in [1.29, 1.82) is 0 Å². The molecule has 5 N–H and O–H groups in total. The standard InChI is InChI=1S/C8H14O7/c1-3-5(10)6(11)4(9)2-8(3,15-14)7(12)13/h3-6,9-11,14H,2H2,1H3,(H,12,13)/t3?,4-,5-,6?,8?/m1/s1. The second-order valence-corrected chi connectivity index (χ2v) is 3.83. The Morgan fingerprint density at radius 3 is 2.27 bits per heavy atom. The molecule has 1 aliphatic rings. The van der Waals surface area contributed by atoms with Gasteiger partial charge in [-0.1, -0.05) is 6.92 Å². The lowest BCUT2D eigenvalue weighted by molar-refractivity contribution is -0.353. The summed E-state index contributed by atoms with van der Waals surface area (Å²) in [5, 5.41) is 45.6. The maximum absolute atomic E-state index is 10.9. The van der Waals surface area contributed by atoms with E-state index in [0.29, 0.717) is 0 Å². The zero-order valence-electron chi connectivity index (χ0n) is 8.07. The van der Waals surface area contributed by atoms with Crippen molar-refractivity contribution in [3.63, 3.8) is 0 Å². The predicted octanol–water partition coefficient (Wildman–Crippen LogP) is -1.58. The third-order valence-corrected chi connectivity index (χ3v) is 3.03. The third kappa shape index (κ3) is 1.72. The highest BCUT2D eigenvalue weighted by Crippen LogP contribution is 2.37. The van der Waals surface area contributed by atoms with Gasteiger partial charge in [0.1, 0.15) is 6.10 Å². The number of aliphatic hydroxyl groups excluding tert-OH is 3. The summed E-state index contributed by atoms with van der Waals surface area (Å²) >= 11 is 0. The van der Waals surface area contributed by atoms with E-state index in [1.807, 2.05) is 0 Å². The molecule has 1 fully saturated rings. The van der Waals surface area contributed by atoms with Gasteiger partial charge in [0.15, 0.2) is 0 Å². The fourth-order valence-electron chi connectivity index (χ4n) is 1.86. The maximum atomic E-state index is 10.9. The lowest BCUT2D eigenvalue weighted by Crippen LogP contribution is -2.62. The van der Waals surface area contributed by atoms with Crippen LogP contribution >= 0.6 is 0 Å². The van der Waals surface area contributed by atoms with Crippen molar-refractivity contribution in [1.82, 2.24) is 0 Å². The zero-order valence-corrected chi connectivity index (χ0v) is 8.07. The van der Waals surface area contributed by atoms with E-state index in [2.05, 4.69) is 4.89 Å². The summed E-state index contributed by atoms with van der Waals surface area (Å²) in [6, 6.07) is 0. The first-order valence-electron chi connectivity index (χ1n) is 4.47. The molecule has 0 heterocycles. The summed E-state index contributed by atoms with van der Waals surface area (Å²) in [5.74, 6) is -2.54. The third-order valence-electron chi connectivity index (χ3n) is 3.03. The molecule has 0 aliphatic heterocycles. The molecule has 0 aromatic rings. The first kappa shape index (κ1) is 12.3. The second-order valence-electron chi connectivity index (χ2n) is 3.83. The van der Waals surface area contributed by atoms with E-state index in [-0.39, 0.29) is 0 Å². The van der Waals surface area contributed by atoms with Crippen LogP contribution < -0.4 is 0 Å². The molecule has 0 aromatic carbocycles. The Balaban J connectivity index is 3.04. The van der Waals surface area contributed by atoms with Crippen LogP contribution in [-0.2, 0) is 9.68 Å². The van der Waals surface area contributed by atoms with Gasteiger partial charge in [0.05, 0.1) is 12.2 Å². The van der Waals surface area contributed by atoms with Gasteiger partial charge in [-0.05, 0) is 0 Å². The first-order valence-corrected chi connectivity index (χ1v) is 4.47. The van der Waals surface area contributed by atoms with E-state index in [4.69, 9.17) is 10.4 Å². The smallest absolute Gasteiger partial charge is 0.339 e. The van der Waals surface area contributed by atoms with Gasteiger partial charge in [0.2, 0.25) is 5.60 Å². The highest BCUT2D eigenvalue weighted by Gasteiger charge is 2.57. The van der Waals surface area contributed by atoms with E-state index in [1.54, 1.807) is 0 Å². The lowest BCUT2D eigenvalue weighted by Gasteiger charge is -2.43. The van der Waals surface area contributed by atoms with Gasteiger partial charge >= 0.3 is 5.97 Å². The van der Waals surface area contributed by atoms with Crippen LogP contribution in [-0.4, -0.2) is 55.6 Å². The van der Waals surface area contributed by atoms with Crippen LogP contribution in [0.3, 0.4) is 0 Å². The molecular weight excluding hydrogens is 208 g/mol. The number of aliphatic hydroxyl groups is 3. The fourth-order valence-corrected chi connectivity index (χ4v) is 1.86. The number of aliphatic carboxylic acids is 1. The highest BCUT2D eigenvalue weighted by atomic mass is 17.1. The Labute approximate surface area is 85.5 Å². The minimum atomic E-state index is -2.09. The average Bonchev–Trinajstić information content (AvgIpc) is 2.20. The van der Waals surface area contributed by atoms with Gasteiger partial charge < -0.3 is 20.4 Å². The van der Waals surface area contributed by atoms with Crippen LogP contribution in [0.4, 0.5) is 0 Å². The minimum Gasteiger partial charge on any atom is -0.479 e. The molecule has 7 heteroatoms. The maximum Gasteiger partial charge on any atom is 0.339 e. The Morgan fingerprint density at radius 1 is 1.33 bits per heavy atom. The number of hydrogen-bond donors (Lipinski definition) is 5. The van der Waals surface area contributed by atoms with Crippen LogP contribution in [0.25, 0.3) is 0 Å². The normalized spacial score (nSPS) is 46.5. The average molecular weight is 222 g/mol. The number of hydrogen-bond acceptors (Lipinski definition) is 6. The van der Waals surface area contributed by atoms with E-state index < -0.39 is 42.2 Å². The molecule has 5 atom stereocenters. The molecule has 7 nitrogen and oxygen atoms in total. The minimum absolute atomic E-state index is 0.488. The van der Waals surface area contributed by atoms with Gasteiger partial charge in [-0.25, -0.2) is 9.68 Å². The second kappa shape index (κ2) is 4.03. The zero-order chi connectivity index (χ0) is 11.8. The molecule has 0 saturated heterocycles. The largest absolute Gasteiger partial charge is 0.479 e. The van der Waals surface area contributed by atoms with E-state index >= 15 is 0 Å². The molecule has 88 valence electrons. The SMILES string of the molecule is CC1[C@@H](O)C(O)[C@H](O)CC1(OO)C(=O)O. The quantitative estimate of drug-likeness (QED) is 0.282. The summed E-state index contributed by atoms with van der Waals surface area (Å²) in [5.41, 5.74) is -2.09. The highest BCUT2D eigenvalue weighted by molar-refractivity contribution is 5.78. The Kier molecular flexibility index (Phi) is 3.31. The summed E-state index contributed by atoms with van der Waals surface area (Å²) in [6.07, 6.45) is -4.86. The number of carboxylic acid groups (broad SMARTS) is 1. The van der Waals surface area contributed by atoms with Gasteiger partial charge in [-0.15, -0.1) is 0 Å². The molecule has 0 amide bonds. The Bertz CT molecular complexity index is 255.